The molecule has 0 saturated heterocycles. The van der Waals surface area contributed by atoms with Crippen molar-refractivity contribution < 1.29 is 0 Å². The van der Waals surface area contributed by atoms with Crippen LogP contribution in [0.25, 0.3) is 0 Å². The molecule has 0 fully saturated rings. The zero-order valence-electron chi connectivity index (χ0n) is 6.49. The minimum atomic E-state index is 0.331. The fourth-order valence-electron chi connectivity index (χ4n) is 0.788. The quantitative estimate of drug-likeness (QED) is 0.163. The Labute approximate surface area is 72.0 Å². The Morgan fingerprint density at radius 1 is 1.33 bits per heavy atom. The molecule has 0 heterocycles. The molecule has 1 aromatic carbocycles. The first-order chi connectivity index (χ1) is 5.74. The van der Waals surface area contributed by atoms with Gasteiger partial charge in [-0.1, -0.05) is 29.7 Å². The first-order valence-corrected chi connectivity index (χ1v) is 3.38. The highest BCUT2D eigenvalue weighted by Gasteiger charge is 1.95. The van der Waals surface area contributed by atoms with Crippen LogP contribution in [-0.4, -0.2) is 13.7 Å². The van der Waals surface area contributed by atoms with Gasteiger partial charge in [0.1, 0.15) is 7.85 Å². The number of amidine groups is 1. The van der Waals surface area contributed by atoms with Crippen LogP contribution in [0.5, 0.6) is 0 Å². The van der Waals surface area contributed by atoms with E-state index in [0.29, 0.717) is 11.3 Å². The second kappa shape index (κ2) is 3.78. The lowest BCUT2D eigenvalue weighted by Gasteiger charge is -2.00. The smallest absolute Gasteiger partial charge is 0.152 e. The van der Waals surface area contributed by atoms with Crippen molar-refractivity contribution in [2.75, 3.05) is 0 Å². The van der Waals surface area contributed by atoms with Crippen molar-refractivity contribution >= 4 is 19.1 Å². The van der Waals surface area contributed by atoms with E-state index in [1.165, 1.54) is 0 Å². The molecule has 12 heavy (non-hydrogen) atoms. The maximum Gasteiger partial charge on any atom is 0.152 e. The molecule has 0 aliphatic carbocycles. The van der Waals surface area contributed by atoms with Crippen LogP contribution < -0.4 is 22.6 Å². The number of hydrazone groups is 1. The molecule has 0 spiro atoms. The molecule has 60 valence electrons. The van der Waals surface area contributed by atoms with Gasteiger partial charge in [0.2, 0.25) is 0 Å². The summed E-state index contributed by atoms with van der Waals surface area (Å²) in [5.41, 5.74) is 9.10. The molecule has 1 rings (SSSR count). The maximum absolute atomic E-state index is 5.52. The van der Waals surface area contributed by atoms with Gasteiger partial charge < -0.3 is 5.73 Å². The summed E-state index contributed by atoms with van der Waals surface area (Å²) in [5, 5.41) is 3.61. The van der Waals surface area contributed by atoms with E-state index >= 15 is 0 Å². The van der Waals surface area contributed by atoms with Gasteiger partial charge in [-0.15, -0.1) is 5.10 Å². The molecule has 0 bridgehead atoms. The fourth-order valence-corrected chi connectivity index (χ4v) is 0.788. The van der Waals surface area contributed by atoms with E-state index in [-0.39, 0.29) is 0 Å². The fraction of sp³-hybridized carbons (Fsp3) is 0. The lowest BCUT2D eigenvalue weighted by molar-refractivity contribution is 0.804. The van der Waals surface area contributed by atoms with Gasteiger partial charge in [0.15, 0.2) is 5.84 Å². The molecule has 0 aliphatic rings. The summed E-state index contributed by atoms with van der Waals surface area (Å²) in [7, 11) is 5.48. The van der Waals surface area contributed by atoms with Gasteiger partial charge in [-0.05, 0) is 0 Å². The highest BCUT2D eigenvalue weighted by atomic mass is 15.5. The third-order valence-corrected chi connectivity index (χ3v) is 1.39. The molecule has 5 heteroatoms. The highest BCUT2D eigenvalue weighted by molar-refractivity contribution is 6.32. The predicted octanol–water partition coefficient (Wildman–Crippen LogP) is -1.44. The predicted molar refractivity (Wildman–Crippen MR) is 49.9 cm³/mol. The van der Waals surface area contributed by atoms with Gasteiger partial charge in [0.25, 0.3) is 0 Å². The van der Waals surface area contributed by atoms with E-state index in [0.717, 1.165) is 5.56 Å². The largest absolute Gasteiger partial charge is 0.382 e. The van der Waals surface area contributed by atoms with E-state index in [2.05, 4.69) is 10.6 Å². The molecule has 0 amide bonds. The van der Waals surface area contributed by atoms with Gasteiger partial charge in [0, 0.05) is 5.56 Å². The van der Waals surface area contributed by atoms with Crippen molar-refractivity contribution in [3.05, 3.63) is 29.8 Å². The lowest BCUT2D eigenvalue weighted by atomic mass is 9.95. The van der Waals surface area contributed by atoms with Crippen molar-refractivity contribution in [2.45, 2.75) is 0 Å². The molecule has 2 radical (unpaired) electrons. The number of nitrogens with zero attached hydrogens (tertiary/aromatic N) is 1. The number of nitrogens with one attached hydrogen (secondary N) is 1. The van der Waals surface area contributed by atoms with Gasteiger partial charge in [-0.25, -0.2) is 11.4 Å². The Kier molecular flexibility index (Phi) is 2.71. The van der Waals surface area contributed by atoms with Crippen LogP contribution in [0, 0.1) is 0 Å². The van der Waals surface area contributed by atoms with Crippen LogP contribution in [-0.2, 0) is 0 Å². The highest BCUT2D eigenvalue weighted by Crippen LogP contribution is 1.94. The lowest BCUT2D eigenvalue weighted by Crippen LogP contribution is -2.23. The summed E-state index contributed by atoms with van der Waals surface area (Å²) in [5.74, 6) is 5.29. The monoisotopic (exact) mass is 160 g/mol. The second-order valence-corrected chi connectivity index (χ2v) is 2.25. The average Bonchev–Trinajstić information content (AvgIpc) is 2.06. The van der Waals surface area contributed by atoms with Crippen molar-refractivity contribution in [1.82, 2.24) is 5.53 Å². The molecule has 0 unspecified atom stereocenters. The molecule has 0 atom stereocenters. The molecule has 5 N–H and O–H groups in total. The van der Waals surface area contributed by atoms with E-state index in [1.54, 1.807) is 24.3 Å². The second-order valence-electron chi connectivity index (χ2n) is 2.25. The average molecular weight is 160 g/mol. The normalized spacial score (nSPS) is 11.2. The standard InChI is InChI=1S/C7H9BN4/c8-6-3-1-5(2-4-6)7(9)11-12-10/h1-4,12H,10H2,(H2,9,11). The van der Waals surface area contributed by atoms with Crippen molar-refractivity contribution in [3.8, 4) is 0 Å². The zero-order chi connectivity index (χ0) is 8.97. The summed E-state index contributed by atoms with van der Waals surface area (Å²) in [6.45, 7) is 0. The van der Waals surface area contributed by atoms with Gasteiger partial charge in [-0.3, -0.25) is 0 Å². The van der Waals surface area contributed by atoms with Crippen LogP contribution in [0.2, 0.25) is 0 Å². The van der Waals surface area contributed by atoms with Crippen LogP contribution in [0.3, 0.4) is 0 Å². The Balaban J connectivity index is 2.89. The van der Waals surface area contributed by atoms with Gasteiger partial charge >= 0.3 is 0 Å². The third-order valence-electron chi connectivity index (χ3n) is 1.39. The molecular formula is C7H9BN4. The summed E-state index contributed by atoms with van der Waals surface area (Å²) in [4.78, 5) is 0. The van der Waals surface area contributed by atoms with E-state index in [4.69, 9.17) is 19.4 Å². The summed E-state index contributed by atoms with van der Waals surface area (Å²) in [6, 6.07) is 7.03. The number of hydrogen-bond acceptors (Lipinski definition) is 3. The van der Waals surface area contributed by atoms with Crippen LogP contribution in [0.1, 0.15) is 5.56 Å². The number of rotatable bonds is 2. The molecule has 0 saturated carbocycles. The Hall–Kier alpha value is -1.49. The number of nitrogens with two attached hydrogens (primary N) is 2. The van der Waals surface area contributed by atoms with E-state index in [1.807, 2.05) is 0 Å². The third kappa shape index (κ3) is 2.00. The molecule has 1 aromatic rings. The zero-order valence-corrected chi connectivity index (χ0v) is 6.49. The van der Waals surface area contributed by atoms with Crippen molar-refractivity contribution in [3.63, 3.8) is 0 Å². The molecule has 0 aromatic heterocycles. The summed E-state index contributed by atoms with van der Waals surface area (Å²) < 4.78 is 0. The minimum absolute atomic E-state index is 0.331. The van der Waals surface area contributed by atoms with Gasteiger partial charge in [-0.2, -0.15) is 0 Å². The Bertz CT molecular complexity index is 280. The van der Waals surface area contributed by atoms with Crippen LogP contribution in [0.4, 0.5) is 0 Å². The summed E-state index contributed by atoms with van der Waals surface area (Å²) in [6.07, 6.45) is 0. The number of hydrogen-bond donors (Lipinski definition) is 3. The van der Waals surface area contributed by atoms with E-state index < -0.39 is 0 Å². The SMILES string of the molecule is [B]c1ccc(/C(N)=N/NN)cc1. The maximum atomic E-state index is 5.52. The molecule has 0 aliphatic heterocycles. The minimum Gasteiger partial charge on any atom is -0.382 e. The van der Waals surface area contributed by atoms with Crippen LogP contribution >= 0.6 is 0 Å². The Morgan fingerprint density at radius 2 is 1.92 bits per heavy atom. The number of hydrazine groups is 1. The van der Waals surface area contributed by atoms with Gasteiger partial charge in [0.05, 0.1) is 0 Å². The number of benzene rings is 1. The van der Waals surface area contributed by atoms with Crippen molar-refractivity contribution in [2.24, 2.45) is 16.7 Å². The van der Waals surface area contributed by atoms with E-state index in [9.17, 15) is 0 Å². The van der Waals surface area contributed by atoms with Crippen molar-refractivity contribution in [1.29, 1.82) is 0 Å². The first kappa shape index (κ1) is 8.61. The molecular weight excluding hydrogens is 151 g/mol. The summed E-state index contributed by atoms with van der Waals surface area (Å²) >= 11 is 0. The topological polar surface area (TPSA) is 76.4 Å². The van der Waals surface area contributed by atoms with Crippen LogP contribution in [0.15, 0.2) is 29.4 Å². The molecule has 4 nitrogen and oxygen atoms in total. The first-order valence-electron chi connectivity index (χ1n) is 3.38. The Morgan fingerprint density at radius 3 is 2.42 bits per heavy atom.